The van der Waals surface area contributed by atoms with Gasteiger partial charge in [0.05, 0.1) is 0 Å². The molecule has 0 spiro atoms. The molecule has 1 N–H and O–H groups in total. The first kappa shape index (κ1) is 15.8. The highest BCUT2D eigenvalue weighted by Gasteiger charge is 2.06. The highest BCUT2D eigenvalue weighted by molar-refractivity contribution is 6.31. The number of rotatable bonds is 7. The predicted octanol–water partition coefficient (Wildman–Crippen LogP) is 4.59. The Morgan fingerprint density at radius 1 is 1.19 bits per heavy atom. The summed E-state index contributed by atoms with van der Waals surface area (Å²) in [4.78, 5) is 4.27. The van der Waals surface area contributed by atoms with E-state index in [9.17, 15) is 0 Å². The average molecular weight is 305 g/mol. The number of hydrogen-bond donors (Lipinski definition) is 1. The number of pyridine rings is 1. The van der Waals surface area contributed by atoms with Crippen LogP contribution in [0.15, 0.2) is 36.5 Å². The van der Waals surface area contributed by atoms with Crippen LogP contribution in [-0.4, -0.2) is 12.0 Å². The SMILES string of the molecule is CCCCc1ccc(Oc2ncc(CNC)cc2Cl)cc1. The van der Waals surface area contributed by atoms with Crippen LogP contribution in [0.4, 0.5) is 0 Å². The number of aromatic nitrogens is 1. The number of nitrogens with zero attached hydrogens (tertiary/aromatic N) is 1. The van der Waals surface area contributed by atoms with Crippen LogP contribution >= 0.6 is 11.6 Å². The molecule has 2 aromatic rings. The van der Waals surface area contributed by atoms with Gasteiger partial charge in [0.1, 0.15) is 10.8 Å². The molecule has 0 saturated carbocycles. The van der Waals surface area contributed by atoms with Crippen molar-refractivity contribution in [3.63, 3.8) is 0 Å². The van der Waals surface area contributed by atoms with E-state index in [2.05, 4.69) is 29.4 Å². The zero-order valence-electron chi connectivity index (χ0n) is 12.5. The second kappa shape index (κ2) is 8.01. The molecule has 0 aliphatic rings. The van der Waals surface area contributed by atoms with Gasteiger partial charge in [0, 0.05) is 12.7 Å². The van der Waals surface area contributed by atoms with Gasteiger partial charge in [-0.05, 0) is 49.2 Å². The Hall–Kier alpha value is -1.58. The molecule has 2 rings (SSSR count). The van der Waals surface area contributed by atoms with Crippen molar-refractivity contribution < 1.29 is 4.74 Å². The van der Waals surface area contributed by atoms with Crippen LogP contribution in [0.5, 0.6) is 11.6 Å². The lowest BCUT2D eigenvalue weighted by Gasteiger charge is -2.08. The quantitative estimate of drug-likeness (QED) is 0.812. The fourth-order valence-corrected chi connectivity index (χ4v) is 2.29. The summed E-state index contributed by atoms with van der Waals surface area (Å²) in [5.74, 6) is 1.20. The molecule has 0 aliphatic carbocycles. The van der Waals surface area contributed by atoms with Gasteiger partial charge < -0.3 is 10.1 Å². The standard InChI is InChI=1S/C17H21ClN2O/c1-3-4-5-13-6-8-15(9-7-13)21-17-16(18)10-14(11-19-2)12-20-17/h6-10,12,19H,3-5,11H2,1-2H3. The van der Waals surface area contributed by atoms with Crippen LogP contribution in [0.3, 0.4) is 0 Å². The summed E-state index contributed by atoms with van der Waals surface area (Å²) in [5, 5.41) is 3.59. The number of hydrogen-bond acceptors (Lipinski definition) is 3. The minimum Gasteiger partial charge on any atom is -0.438 e. The molecule has 0 bridgehead atoms. The fraction of sp³-hybridized carbons (Fsp3) is 0.353. The monoisotopic (exact) mass is 304 g/mol. The van der Waals surface area contributed by atoms with E-state index in [1.54, 1.807) is 6.20 Å². The first-order valence-corrected chi connectivity index (χ1v) is 7.66. The second-order valence-corrected chi connectivity index (χ2v) is 5.42. The molecule has 4 heteroatoms. The maximum absolute atomic E-state index is 6.20. The van der Waals surface area contributed by atoms with E-state index in [-0.39, 0.29) is 0 Å². The Bertz CT molecular complexity index is 570. The van der Waals surface area contributed by atoms with E-state index in [0.717, 1.165) is 24.3 Å². The van der Waals surface area contributed by atoms with Crippen LogP contribution in [0.1, 0.15) is 30.9 Å². The maximum Gasteiger partial charge on any atom is 0.238 e. The molecule has 21 heavy (non-hydrogen) atoms. The third-order valence-corrected chi connectivity index (χ3v) is 3.47. The molecule has 0 fully saturated rings. The van der Waals surface area contributed by atoms with Crippen LogP contribution in [0.25, 0.3) is 0 Å². The molecular weight excluding hydrogens is 284 g/mol. The van der Waals surface area contributed by atoms with E-state index < -0.39 is 0 Å². The number of nitrogens with one attached hydrogen (secondary N) is 1. The summed E-state index contributed by atoms with van der Waals surface area (Å²) in [6, 6.07) is 9.98. The Morgan fingerprint density at radius 2 is 1.95 bits per heavy atom. The summed E-state index contributed by atoms with van der Waals surface area (Å²) < 4.78 is 5.74. The summed E-state index contributed by atoms with van der Waals surface area (Å²) >= 11 is 6.20. The van der Waals surface area contributed by atoms with Crippen LogP contribution in [0, 0.1) is 0 Å². The summed E-state index contributed by atoms with van der Waals surface area (Å²) in [6.07, 6.45) is 5.29. The number of benzene rings is 1. The third-order valence-electron chi connectivity index (χ3n) is 3.20. The Balaban J connectivity index is 2.04. The van der Waals surface area contributed by atoms with Crippen molar-refractivity contribution in [1.29, 1.82) is 0 Å². The zero-order chi connectivity index (χ0) is 15.1. The van der Waals surface area contributed by atoms with Crippen molar-refractivity contribution in [2.75, 3.05) is 7.05 Å². The molecule has 0 amide bonds. The van der Waals surface area contributed by atoms with Crippen molar-refractivity contribution in [2.45, 2.75) is 32.7 Å². The molecule has 1 aromatic carbocycles. The Morgan fingerprint density at radius 3 is 2.57 bits per heavy atom. The van der Waals surface area contributed by atoms with E-state index in [4.69, 9.17) is 16.3 Å². The van der Waals surface area contributed by atoms with Gasteiger partial charge in [-0.15, -0.1) is 0 Å². The molecule has 0 aliphatic heterocycles. The topological polar surface area (TPSA) is 34.1 Å². The largest absolute Gasteiger partial charge is 0.438 e. The molecule has 0 saturated heterocycles. The molecule has 1 heterocycles. The molecule has 0 unspecified atom stereocenters. The van der Waals surface area contributed by atoms with Crippen molar-refractivity contribution in [2.24, 2.45) is 0 Å². The minimum absolute atomic E-state index is 0.442. The van der Waals surface area contributed by atoms with E-state index in [1.807, 2.05) is 25.2 Å². The first-order valence-electron chi connectivity index (χ1n) is 7.28. The highest BCUT2D eigenvalue weighted by atomic mass is 35.5. The molecular formula is C17H21ClN2O. The van der Waals surface area contributed by atoms with E-state index in [1.165, 1.54) is 18.4 Å². The van der Waals surface area contributed by atoms with Crippen molar-refractivity contribution >= 4 is 11.6 Å². The normalized spacial score (nSPS) is 10.6. The number of aryl methyl sites for hydroxylation is 1. The Kier molecular flexibility index (Phi) is 6.03. The lowest BCUT2D eigenvalue weighted by atomic mass is 10.1. The van der Waals surface area contributed by atoms with Crippen LogP contribution < -0.4 is 10.1 Å². The molecule has 3 nitrogen and oxygen atoms in total. The number of ether oxygens (including phenoxy) is 1. The number of halogens is 1. The second-order valence-electron chi connectivity index (χ2n) is 5.01. The van der Waals surface area contributed by atoms with E-state index >= 15 is 0 Å². The summed E-state index contributed by atoms with van der Waals surface area (Å²) in [6.45, 7) is 2.93. The van der Waals surface area contributed by atoms with Gasteiger partial charge in [-0.1, -0.05) is 37.1 Å². The van der Waals surface area contributed by atoms with Gasteiger partial charge in [0.25, 0.3) is 0 Å². The Labute approximate surface area is 131 Å². The number of unbranched alkanes of at least 4 members (excludes halogenated alkanes) is 1. The van der Waals surface area contributed by atoms with Crippen molar-refractivity contribution in [1.82, 2.24) is 10.3 Å². The van der Waals surface area contributed by atoms with Gasteiger partial charge in [-0.3, -0.25) is 0 Å². The zero-order valence-corrected chi connectivity index (χ0v) is 13.3. The fourth-order valence-electron chi connectivity index (χ4n) is 2.06. The molecule has 112 valence electrons. The average Bonchev–Trinajstić information content (AvgIpc) is 2.49. The van der Waals surface area contributed by atoms with Crippen LogP contribution in [0.2, 0.25) is 5.02 Å². The van der Waals surface area contributed by atoms with Crippen molar-refractivity contribution in [3.05, 3.63) is 52.7 Å². The maximum atomic E-state index is 6.20. The molecule has 0 atom stereocenters. The van der Waals surface area contributed by atoms with Crippen molar-refractivity contribution in [3.8, 4) is 11.6 Å². The van der Waals surface area contributed by atoms with Gasteiger partial charge in [0.15, 0.2) is 0 Å². The molecule has 1 aromatic heterocycles. The first-order chi connectivity index (χ1) is 10.2. The minimum atomic E-state index is 0.442. The van der Waals surface area contributed by atoms with Gasteiger partial charge in [0.2, 0.25) is 5.88 Å². The summed E-state index contributed by atoms with van der Waals surface area (Å²) in [7, 11) is 1.89. The summed E-state index contributed by atoms with van der Waals surface area (Å²) in [5.41, 5.74) is 2.36. The molecule has 0 radical (unpaired) electrons. The third kappa shape index (κ3) is 4.73. The lowest BCUT2D eigenvalue weighted by Crippen LogP contribution is -2.05. The van der Waals surface area contributed by atoms with E-state index in [0.29, 0.717) is 10.9 Å². The predicted molar refractivity (Wildman–Crippen MR) is 87.1 cm³/mol. The smallest absolute Gasteiger partial charge is 0.238 e. The lowest BCUT2D eigenvalue weighted by molar-refractivity contribution is 0.462. The van der Waals surface area contributed by atoms with Crippen LogP contribution in [-0.2, 0) is 13.0 Å². The van der Waals surface area contributed by atoms with Gasteiger partial charge >= 0.3 is 0 Å². The highest BCUT2D eigenvalue weighted by Crippen LogP contribution is 2.28. The van der Waals surface area contributed by atoms with Gasteiger partial charge in [-0.25, -0.2) is 4.98 Å². The van der Waals surface area contributed by atoms with Gasteiger partial charge in [-0.2, -0.15) is 0 Å².